The van der Waals surface area contributed by atoms with Gasteiger partial charge >= 0.3 is 0 Å². The van der Waals surface area contributed by atoms with Gasteiger partial charge in [0.05, 0.1) is 0 Å². The van der Waals surface area contributed by atoms with Gasteiger partial charge < -0.3 is 5.32 Å². The first kappa shape index (κ1) is 12.5. The Morgan fingerprint density at radius 2 is 2.16 bits per heavy atom. The highest BCUT2D eigenvalue weighted by molar-refractivity contribution is 5.45. The summed E-state index contributed by atoms with van der Waals surface area (Å²) in [6.07, 6.45) is 5.78. The molecule has 0 bridgehead atoms. The van der Waals surface area contributed by atoms with Crippen molar-refractivity contribution in [3.63, 3.8) is 0 Å². The van der Waals surface area contributed by atoms with E-state index in [9.17, 15) is 0 Å². The topological polar surface area (TPSA) is 42.2 Å². The van der Waals surface area contributed by atoms with Crippen molar-refractivity contribution in [1.82, 2.24) is 14.6 Å². The van der Waals surface area contributed by atoms with Gasteiger partial charge in [0.25, 0.3) is 0 Å². The predicted molar refractivity (Wildman–Crippen MR) is 77.3 cm³/mol. The Kier molecular flexibility index (Phi) is 3.17. The maximum atomic E-state index is 4.56. The first-order valence-electron chi connectivity index (χ1n) is 7.21. The van der Waals surface area contributed by atoms with Crippen molar-refractivity contribution >= 4 is 11.6 Å². The van der Waals surface area contributed by atoms with E-state index >= 15 is 0 Å². The Labute approximate surface area is 114 Å². The molecule has 3 atom stereocenters. The quantitative estimate of drug-likeness (QED) is 0.899. The molecule has 0 spiro atoms. The maximum Gasteiger partial charge on any atom is 0.243 e. The number of nitrogens with zero attached hydrogens (tertiary/aromatic N) is 3. The van der Waals surface area contributed by atoms with Gasteiger partial charge in [0.2, 0.25) is 5.95 Å². The van der Waals surface area contributed by atoms with Gasteiger partial charge in [0, 0.05) is 12.2 Å². The molecule has 2 aromatic heterocycles. The molecule has 1 aliphatic carbocycles. The predicted octanol–water partition coefficient (Wildman–Crippen LogP) is 3.27. The van der Waals surface area contributed by atoms with Crippen LogP contribution in [-0.2, 0) is 0 Å². The highest BCUT2D eigenvalue weighted by Crippen LogP contribution is 2.30. The lowest BCUT2D eigenvalue weighted by Gasteiger charge is -2.32. The molecule has 0 aromatic carbocycles. The van der Waals surface area contributed by atoms with Crippen LogP contribution in [0.25, 0.3) is 5.65 Å². The van der Waals surface area contributed by atoms with Crippen LogP contribution in [0.3, 0.4) is 0 Å². The van der Waals surface area contributed by atoms with E-state index in [4.69, 9.17) is 0 Å². The van der Waals surface area contributed by atoms with Crippen LogP contribution in [0, 0.1) is 18.8 Å². The van der Waals surface area contributed by atoms with Crippen LogP contribution in [0.4, 0.5) is 5.95 Å². The van der Waals surface area contributed by atoms with Crippen LogP contribution in [0.2, 0.25) is 0 Å². The fraction of sp³-hybridized carbons (Fsp3) is 0.600. The van der Waals surface area contributed by atoms with Crippen molar-refractivity contribution in [3.05, 3.63) is 23.9 Å². The van der Waals surface area contributed by atoms with Crippen LogP contribution in [0.15, 0.2) is 18.3 Å². The van der Waals surface area contributed by atoms with Crippen LogP contribution in [-0.4, -0.2) is 20.6 Å². The molecule has 19 heavy (non-hydrogen) atoms. The number of anilines is 1. The molecule has 2 heterocycles. The molecule has 0 aliphatic heterocycles. The molecule has 1 aliphatic rings. The van der Waals surface area contributed by atoms with Crippen molar-refractivity contribution in [2.75, 3.05) is 5.32 Å². The van der Waals surface area contributed by atoms with Crippen LogP contribution < -0.4 is 5.32 Å². The number of fused-ring (bicyclic) bond motifs is 1. The molecule has 4 nitrogen and oxygen atoms in total. The van der Waals surface area contributed by atoms with Crippen molar-refractivity contribution < 1.29 is 0 Å². The third-order valence-corrected chi connectivity index (χ3v) is 4.24. The van der Waals surface area contributed by atoms with E-state index in [2.05, 4.69) is 48.3 Å². The molecule has 102 valence electrons. The molecular formula is C15H22N4. The van der Waals surface area contributed by atoms with E-state index in [0.29, 0.717) is 12.0 Å². The summed E-state index contributed by atoms with van der Waals surface area (Å²) in [7, 11) is 0. The lowest BCUT2D eigenvalue weighted by molar-refractivity contribution is 0.276. The number of aryl methyl sites for hydroxylation is 1. The number of rotatable bonds is 2. The Balaban J connectivity index is 1.77. The molecule has 1 saturated carbocycles. The largest absolute Gasteiger partial charge is 0.350 e. The van der Waals surface area contributed by atoms with E-state index in [-0.39, 0.29) is 0 Å². The molecule has 1 N–H and O–H groups in total. The van der Waals surface area contributed by atoms with Crippen LogP contribution in [0.1, 0.15) is 38.7 Å². The van der Waals surface area contributed by atoms with Gasteiger partial charge in [-0.2, -0.15) is 4.98 Å². The fourth-order valence-corrected chi connectivity index (χ4v) is 3.09. The third-order valence-electron chi connectivity index (χ3n) is 4.24. The first-order chi connectivity index (χ1) is 9.11. The molecule has 0 radical (unpaired) electrons. The van der Waals surface area contributed by atoms with Gasteiger partial charge in [-0.1, -0.05) is 13.8 Å². The molecule has 0 amide bonds. The second-order valence-electron chi connectivity index (χ2n) is 6.09. The van der Waals surface area contributed by atoms with Gasteiger partial charge in [0.1, 0.15) is 0 Å². The average Bonchev–Trinajstić information content (AvgIpc) is 2.74. The van der Waals surface area contributed by atoms with Gasteiger partial charge in [-0.3, -0.25) is 0 Å². The molecule has 1 fully saturated rings. The highest BCUT2D eigenvalue weighted by Gasteiger charge is 2.26. The normalized spacial score (nSPS) is 27.6. The summed E-state index contributed by atoms with van der Waals surface area (Å²) < 4.78 is 1.84. The van der Waals surface area contributed by atoms with Gasteiger partial charge in [-0.05, 0) is 55.7 Å². The van der Waals surface area contributed by atoms with Gasteiger partial charge in [-0.15, -0.1) is 5.10 Å². The fourth-order valence-electron chi connectivity index (χ4n) is 3.09. The third kappa shape index (κ3) is 2.57. The summed E-state index contributed by atoms with van der Waals surface area (Å²) >= 11 is 0. The molecule has 0 saturated heterocycles. The number of nitrogens with one attached hydrogen (secondary N) is 1. The molecule has 2 aromatic rings. The van der Waals surface area contributed by atoms with Crippen molar-refractivity contribution in [3.8, 4) is 0 Å². The summed E-state index contributed by atoms with van der Waals surface area (Å²) in [6.45, 7) is 6.75. The average molecular weight is 258 g/mol. The first-order valence-corrected chi connectivity index (χ1v) is 7.21. The number of pyridine rings is 1. The minimum Gasteiger partial charge on any atom is -0.350 e. The summed E-state index contributed by atoms with van der Waals surface area (Å²) in [5.74, 6) is 2.30. The lowest BCUT2D eigenvalue weighted by atomic mass is 9.80. The summed E-state index contributed by atoms with van der Waals surface area (Å²) in [4.78, 5) is 4.56. The van der Waals surface area contributed by atoms with Crippen molar-refractivity contribution in [2.24, 2.45) is 11.8 Å². The SMILES string of the molecule is Cc1ccn2nc(NC3CCC(C)CC3C)nc2c1. The Morgan fingerprint density at radius 1 is 1.32 bits per heavy atom. The number of hydrogen-bond donors (Lipinski definition) is 1. The molecular weight excluding hydrogens is 236 g/mol. The Bertz CT molecular complexity index is 575. The maximum absolute atomic E-state index is 4.56. The van der Waals surface area contributed by atoms with E-state index in [1.54, 1.807) is 0 Å². The summed E-state index contributed by atoms with van der Waals surface area (Å²) in [5.41, 5.74) is 2.13. The zero-order valence-electron chi connectivity index (χ0n) is 11.9. The van der Waals surface area contributed by atoms with E-state index in [1.165, 1.54) is 24.8 Å². The Hall–Kier alpha value is -1.58. The Morgan fingerprint density at radius 3 is 2.95 bits per heavy atom. The molecule has 3 rings (SSSR count). The second-order valence-corrected chi connectivity index (χ2v) is 6.09. The lowest BCUT2D eigenvalue weighted by Crippen LogP contribution is -2.33. The zero-order chi connectivity index (χ0) is 13.4. The monoisotopic (exact) mass is 258 g/mol. The summed E-state index contributed by atoms with van der Waals surface area (Å²) in [6, 6.07) is 4.62. The van der Waals surface area contributed by atoms with E-state index in [0.717, 1.165) is 17.5 Å². The van der Waals surface area contributed by atoms with E-state index in [1.807, 2.05) is 10.7 Å². The van der Waals surface area contributed by atoms with E-state index < -0.39 is 0 Å². The smallest absolute Gasteiger partial charge is 0.243 e. The van der Waals surface area contributed by atoms with Crippen molar-refractivity contribution in [1.29, 1.82) is 0 Å². The minimum absolute atomic E-state index is 0.509. The van der Waals surface area contributed by atoms with Gasteiger partial charge in [0.15, 0.2) is 5.65 Å². The summed E-state index contributed by atoms with van der Waals surface area (Å²) in [5, 5.41) is 8.01. The van der Waals surface area contributed by atoms with Crippen molar-refractivity contribution in [2.45, 2.75) is 46.1 Å². The van der Waals surface area contributed by atoms with Crippen LogP contribution >= 0.6 is 0 Å². The minimum atomic E-state index is 0.509. The number of aromatic nitrogens is 3. The van der Waals surface area contributed by atoms with Gasteiger partial charge in [-0.25, -0.2) is 4.52 Å². The zero-order valence-corrected chi connectivity index (χ0v) is 11.9. The standard InChI is InChI=1S/C15H22N4/c1-10-4-5-13(12(3)8-10)16-15-17-14-9-11(2)6-7-19(14)18-15/h6-7,9-10,12-13H,4-5,8H2,1-3H3,(H,16,18). The number of hydrogen-bond acceptors (Lipinski definition) is 3. The molecule has 4 heteroatoms. The highest BCUT2D eigenvalue weighted by atomic mass is 15.3. The van der Waals surface area contributed by atoms with Crippen LogP contribution in [0.5, 0.6) is 0 Å². The molecule has 3 unspecified atom stereocenters. The second kappa shape index (κ2) is 4.83.